The van der Waals surface area contributed by atoms with Gasteiger partial charge in [-0.25, -0.2) is 9.67 Å². The summed E-state index contributed by atoms with van der Waals surface area (Å²) in [6, 6.07) is 15.3. The smallest absolute Gasteiger partial charge is 0.291 e. The molecular formula is C20H22N4O3. The zero-order valence-electron chi connectivity index (χ0n) is 15.3. The number of hydrogen-bond donors (Lipinski definition) is 2. The fourth-order valence-electron chi connectivity index (χ4n) is 2.66. The highest BCUT2D eigenvalue weighted by atomic mass is 16.5. The second-order valence-electron chi connectivity index (χ2n) is 5.95. The summed E-state index contributed by atoms with van der Waals surface area (Å²) in [6.07, 6.45) is 0. The standard InChI is InChI=1S/C20H22N4O3/c1-3-27-17-9-7-16(8-10-17)24-19(15-6-4-5-14(2)13-15)22-18(23-24)20(26)21-11-12-25/h4-10,13,25H,3,11-12H2,1-2H3,(H,21,26). The van der Waals surface area contributed by atoms with Crippen LogP contribution in [0.3, 0.4) is 0 Å². The number of hydrogen-bond acceptors (Lipinski definition) is 5. The molecule has 1 heterocycles. The SMILES string of the molecule is CCOc1ccc(-n2nc(C(=O)NCCO)nc2-c2cccc(C)c2)cc1. The van der Waals surface area contributed by atoms with Crippen molar-refractivity contribution in [3.8, 4) is 22.8 Å². The molecule has 0 fully saturated rings. The Morgan fingerprint density at radius 2 is 2.00 bits per heavy atom. The van der Waals surface area contributed by atoms with E-state index in [2.05, 4.69) is 15.4 Å². The molecule has 0 aliphatic rings. The van der Waals surface area contributed by atoms with Gasteiger partial charge in [0, 0.05) is 12.1 Å². The molecule has 0 unspecified atom stereocenters. The molecular weight excluding hydrogens is 344 g/mol. The zero-order chi connectivity index (χ0) is 19.2. The minimum Gasteiger partial charge on any atom is -0.494 e. The Morgan fingerprint density at radius 1 is 1.22 bits per heavy atom. The summed E-state index contributed by atoms with van der Waals surface area (Å²) >= 11 is 0. The lowest BCUT2D eigenvalue weighted by Gasteiger charge is -2.08. The first kappa shape index (κ1) is 18.6. The van der Waals surface area contributed by atoms with Crippen molar-refractivity contribution in [1.29, 1.82) is 0 Å². The van der Waals surface area contributed by atoms with E-state index in [1.54, 1.807) is 4.68 Å². The van der Waals surface area contributed by atoms with Crippen molar-refractivity contribution in [2.45, 2.75) is 13.8 Å². The van der Waals surface area contributed by atoms with Crippen LogP contribution in [0.2, 0.25) is 0 Å². The van der Waals surface area contributed by atoms with Crippen molar-refractivity contribution in [1.82, 2.24) is 20.1 Å². The molecule has 7 nitrogen and oxygen atoms in total. The molecule has 2 aromatic carbocycles. The number of aliphatic hydroxyl groups is 1. The Kier molecular flexibility index (Phi) is 5.83. The largest absolute Gasteiger partial charge is 0.494 e. The average molecular weight is 366 g/mol. The summed E-state index contributed by atoms with van der Waals surface area (Å²) in [7, 11) is 0. The van der Waals surface area contributed by atoms with Crippen LogP contribution in [-0.4, -0.2) is 45.5 Å². The van der Waals surface area contributed by atoms with Crippen LogP contribution in [-0.2, 0) is 0 Å². The van der Waals surface area contributed by atoms with Crippen LogP contribution in [0.1, 0.15) is 23.1 Å². The van der Waals surface area contributed by atoms with Crippen molar-refractivity contribution in [2.75, 3.05) is 19.8 Å². The number of aromatic nitrogens is 3. The van der Waals surface area contributed by atoms with Gasteiger partial charge in [-0.1, -0.05) is 23.8 Å². The molecule has 0 saturated heterocycles. The van der Waals surface area contributed by atoms with Gasteiger partial charge in [0.05, 0.1) is 18.9 Å². The van der Waals surface area contributed by atoms with Crippen LogP contribution < -0.4 is 10.1 Å². The molecule has 27 heavy (non-hydrogen) atoms. The van der Waals surface area contributed by atoms with Gasteiger partial charge in [-0.3, -0.25) is 4.79 Å². The third-order valence-electron chi connectivity index (χ3n) is 3.88. The molecule has 2 N–H and O–H groups in total. The fraction of sp³-hybridized carbons (Fsp3) is 0.250. The van der Waals surface area contributed by atoms with Crippen molar-refractivity contribution in [2.24, 2.45) is 0 Å². The average Bonchev–Trinajstić information content (AvgIpc) is 3.12. The topological polar surface area (TPSA) is 89.3 Å². The van der Waals surface area contributed by atoms with Gasteiger partial charge >= 0.3 is 0 Å². The van der Waals surface area contributed by atoms with Gasteiger partial charge in [0.25, 0.3) is 5.91 Å². The fourth-order valence-corrected chi connectivity index (χ4v) is 2.66. The minimum absolute atomic E-state index is 0.0499. The first-order valence-corrected chi connectivity index (χ1v) is 8.78. The van der Waals surface area contributed by atoms with Gasteiger partial charge in [0.2, 0.25) is 5.82 Å². The predicted octanol–water partition coefficient (Wildman–Crippen LogP) is 2.36. The van der Waals surface area contributed by atoms with E-state index in [1.807, 2.05) is 62.4 Å². The Bertz CT molecular complexity index is 919. The van der Waals surface area contributed by atoms with Crippen LogP contribution in [0.25, 0.3) is 17.1 Å². The summed E-state index contributed by atoms with van der Waals surface area (Å²) in [4.78, 5) is 16.7. The van der Waals surface area contributed by atoms with Gasteiger partial charge in [-0.05, 0) is 44.2 Å². The molecule has 7 heteroatoms. The summed E-state index contributed by atoms with van der Waals surface area (Å²) in [5.41, 5.74) is 2.71. The number of nitrogens with zero attached hydrogens (tertiary/aromatic N) is 3. The molecule has 0 aliphatic carbocycles. The number of rotatable bonds is 7. The van der Waals surface area contributed by atoms with Crippen LogP contribution in [0.5, 0.6) is 5.75 Å². The highest BCUT2D eigenvalue weighted by Crippen LogP contribution is 2.23. The molecule has 0 atom stereocenters. The first-order valence-electron chi connectivity index (χ1n) is 8.78. The first-order chi connectivity index (χ1) is 13.1. The maximum Gasteiger partial charge on any atom is 0.291 e. The van der Waals surface area contributed by atoms with Crippen molar-refractivity contribution < 1.29 is 14.6 Å². The van der Waals surface area contributed by atoms with E-state index in [0.717, 1.165) is 22.6 Å². The highest BCUT2D eigenvalue weighted by molar-refractivity contribution is 5.91. The number of carbonyl (C=O) groups is 1. The molecule has 0 aliphatic heterocycles. The summed E-state index contributed by atoms with van der Waals surface area (Å²) in [5, 5.41) is 15.9. The summed E-state index contributed by atoms with van der Waals surface area (Å²) in [6.45, 7) is 4.52. The van der Waals surface area contributed by atoms with E-state index < -0.39 is 5.91 Å². The Balaban J connectivity index is 2.04. The van der Waals surface area contributed by atoms with Gasteiger partial charge in [-0.15, -0.1) is 5.10 Å². The van der Waals surface area contributed by atoms with Crippen molar-refractivity contribution in [3.05, 3.63) is 59.9 Å². The molecule has 140 valence electrons. The van der Waals surface area contributed by atoms with Crippen molar-refractivity contribution in [3.63, 3.8) is 0 Å². The summed E-state index contributed by atoms with van der Waals surface area (Å²) < 4.78 is 7.12. The van der Waals surface area contributed by atoms with Crippen LogP contribution in [0.4, 0.5) is 0 Å². The molecule has 1 amide bonds. The van der Waals surface area contributed by atoms with E-state index in [4.69, 9.17) is 9.84 Å². The molecule has 3 aromatic rings. The normalized spacial score (nSPS) is 10.6. The number of carbonyl (C=O) groups excluding carboxylic acids is 1. The van der Waals surface area contributed by atoms with E-state index >= 15 is 0 Å². The lowest BCUT2D eigenvalue weighted by molar-refractivity contribution is 0.0934. The van der Waals surface area contributed by atoms with Gasteiger partial charge in [0.15, 0.2) is 5.82 Å². The predicted molar refractivity (Wildman–Crippen MR) is 102 cm³/mol. The minimum atomic E-state index is -0.428. The van der Waals surface area contributed by atoms with E-state index in [9.17, 15) is 4.79 Å². The number of aryl methyl sites for hydroxylation is 1. The Hall–Kier alpha value is -3.19. The van der Waals surface area contributed by atoms with E-state index in [0.29, 0.717) is 12.4 Å². The quantitative estimate of drug-likeness (QED) is 0.670. The molecule has 3 rings (SSSR count). The number of aliphatic hydroxyl groups excluding tert-OH is 1. The Labute approximate surface area is 157 Å². The van der Waals surface area contributed by atoms with Gasteiger partial charge in [0.1, 0.15) is 5.75 Å². The van der Waals surface area contributed by atoms with Gasteiger partial charge in [-0.2, -0.15) is 0 Å². The zero-order valence-corrected chi connectivity index (χ0v) is 15.3. The maximum absolute atomic E-state index is 12.3. The van der Waals surface area contributed by atoms with Crippen LogP contribution >= 0.6 is 0 Å². The molecule has 0 spiro atoms. The monoisotopic (exact) mass is 366 g/mol. The Morgan fingerprint density at radius 3 is 2.67 bits per heavy atom. The molecule has 1 aromatic heterocycles. The second-order valence-corrected chi connectivity index (χ2v) is 5.95. The third kappa shape index (κ3) is 4.32. The lowest BCUT2D eigenvalue weighted by atomic mass is 10.1. The number of benzene rings is 2. The third-order valence-corrected chi connectivity index (χ3v) is 3.88. The number of nitrogens with one attached hydrogen (secondary N) is 1. The summed E-state index contributed by atoms with van der Waals surface area (Å²) in [5.74, 6) is 0.952. The molecule has 0 bridgehead atoms. The lowest BCUT2D eigenvalue weighted by Crippen LogP contribution is -2.27. The van der Waals surface area contributed by atoms with Crippen LogP contribution in [0.15, 0.2) is 48.5 Å². The van der Waals surface area contributed by atoms with E-state index in [1.165, 1.54) is 0 Å². The molecule has 0 saturated carbocycles. The number of amides is 1. The van der Waals surface area contributed by atoms with E-state index in [-0.39, 0.29) is 19.0 Å². The van der Waals surface area contributed by atoms with Crippen molar-refractivity contribution >= 4 is 5.91 Å². The maximum atomic E-state index is 12.3. The second kappa shape index (κ2) is 8.46. The molecule has 0 radical (unpaired) electrons. The number of ether oxygens (including phenoxy) is 1. The van der Waals surface area contributed by atoms with Gasteiger partial charge < -0.3 is 15.2 Å². The van der Waals surface area contributed by atoms with Crippen LogP contribution in [0, 0.1) is 6.92 Å². The highest BCUT2D eigenvalue weighted by Gasteiger charge is 2.18.